The molecule has 1 aromatic heterocycles. The van der Waals surface area contributed by atoms with Crippen molar-refractivity contribution in [2.45, 2.75) is 32.0 Å². The number of amides is 1. The molecule has 0 radical (unpaired) electrons. The summed E-state index contributed by atoms with van der Waals surface area (Å²) >= 11 is 1.28. The second-order valence-electron chi connectivity index (χ2n) is 6.86. The Morgan fingerprint density at radius 3 is 2.50 bits per heavy atom. The van der Waals surface area contributed by atoms with Gasteiger partial charge in [0.15, 0.2) is 5.16 Å². The van der Waals surface area contributed by atoms with E-state index in [-0.39, 0.29) is 23.3 Å². The standard InChI is InChI=1S/C20H23N3O2S/c1-12(2)13(3)21-18(24)11-26-20-22-17-10-15-8-6-5-7-14(15)9-16(17)19(25)23(20)4/h5-10,12-13H,11H2,1-4H3,(H,21,24)/t13-/m0/s1. The van der Waals surface area contributed by atoms with Gasteiger partial charge >= 0.3 is 0 Å². The van der Waals surface area contributed by atoms with Gasteiger partial charge in [0, 0.05) is 13.1 Å². The highest BCUT2D eigenvalue weighted by atomic mass is 32.2. The molecule has 136 valence electrons. The number of carbonyl (C=O) groups is 1. The number of fused-ring (bicyclic) bond motifs is 2. The first-order chi connectivity index (χ1) is 12.4. The third-order valence-corrected chi connectivity index (χ3v) is 5.65. The normalized spacial score (nSPS) is 12.7. The Morgan fingerprint density at radius 2 is 1.85 bits per heavy atom. The number of hydrogen-bond donors (Lipinski definition) is 1. The Kier molecular flexibility index (Phi) is 5.32. The quantitative estimate of drug-likeness (QED) is 0.426. The molecular weight excluding hydrogens is 346 g/mol. The Labute approximate surface area is 156 Å². The van der Waals surface area contributed by atoms with Crippen molar-refractivity contribution in [2.24, 2.45) is 13.0 Å². The minimum atomic E-state index is -0.0980. The van der Waals surface area contributed by atoms with E-state index in [1.54, 1.807) is 7.05 Å². The van der Waals surface area contributed by atoms with Crippen molar-refractivity contribution in [1.29, 1.82) is 0 Å². The number of aromatic nitrogens is 2. The molecule has 0 spiro atoms. The Morgan fingerprint density at radius 1 is 1.19 bits per heavy atom. The van der Waals surface area contributed by atoms with E-state index in [0.29, 0.717) is 22.0 Å². The van der Waals surface area contributed by atoms with E-state index in [0.717, 1.165) is 10.8 Å². The smallest absolute Gasteiger partial charge is 0.261 e. The monoisotopic (exact) mass is 369 g/mol. The molecule has 0 fully saturated rings. The molecule has 5 nitrogen and oxygen atoms in total. The van der Waals surface area contributed by atoms with Crippen LogP contribution in [0.2, 0.25) is 0 Å². The van der Waals surface area contributed by atoms with Crippen LogP contribution in [-0.2, 0) is 11.8 Å². The van der Waals surface area contributed by atoms with E-state index >= 15 is 0 Å². The molecule has 1 heterocycles. The first-order valence-electron chi connectivity index (χ1n) is 8.68. The zero-order valence-electron chi connectivity index (χ0n) is 15.4. The highest BCUT2D eigenvalue weighted by Gasteiger charge is 2.14. The van der Waals surface area contributed by atoms with Crippen molar-refractivity contribution in [2.75, 3.05) is 5.75 Å². The van der Waals surface area contributed by atoms with Gasteiger partial charge in [-0.15, -0.1) is 0 Å². The fourth-order valence-electron chi connectivity index (χ4n) is 2.66. The SMILES string of the molecule is CC(C)[C@H](C)NC(=O)CSc1nc2cc3ccccc3cc2c(=O)n1C. The number of thioether (sulfide) groups is 1. The van der Waals surface area contributed by atoms with Gasteiger partial charge in [0.05, 0.1) is 16.7 Å². The second kappa shape index (κ2) is 7.50. The highest BCUT2D eigenvalue weighted by Crippen LogP contribution is 2.22. The topological polar surface area (TPSA) is 64.0 Å². The molecule has 2 aromatic carbocycles. The van der Waals surface area contributed by atoms with Crippen molar-refractivity contribution in [3.8, 4) is 0 Å². The third-order valence-electron chi connectivity index (χ3n) is 4.62. The summed E-state index contributed by atoms with van der Waals surface area (Å²) in [6.45, 7) is 6.12. The molecule has 26 heavy (non-hydrogen) atoms. The predicted molar refractivity (Wildman–Crippen MR) is 108 cm³/mol. The van der Waals surface area contributed by atoms with Crippen molar-refractivity contribution in [3.63, 3.8) is 0 Å². The molecule has 6 heteroatoms. The Bertz CT molecular complexity index is 1030. The van der Waals surface area contributed by atoms with Gasteiger partial charge in [0.2, 0.25) is 5.91 Å². The molecule has 3 rings (SSSR count). The van der Waals surface area contributed by atoms with Gasteiger partial charge in [-0.05, 0) is 35.7 Å². The van der Waals surface area contributed by atoms with Crippen LogP contribution in [0.1, 0.15) is 20.8 Å². The number of carbonyl (C=O) groups excluding carboxylic acids is 1. The van der Waals surface area contributed by atoms with Crippen LogP contribution in [0.15, 0.2) is 46.3 Å². The molecule has 0 unspecified atom stereocenters. The van der Waals surface area contributed by atoms with Crippen molar-refractivity contribution >= 4 is 39.3 Å². The molecule has 0 aliphatic carbocycles. The number of nitrogens with one attached hydrogen (secondary N) is 1. The van der Waals surface area contributed by atoms with Crippen LogP contribution >= 0.6 is 11.8 Å². The van der Waals surface area contributed by atoms with Gasteiger partial charge in [0.1, 0.15) is 0 Å². The fraction of sp³-hybridized carbons (Fsp3) is 0.350. The lowest BCUT2D eigenvalue weighted by Gasteiger charge is -2.17. The van der Waals surface area contributed by atoms with Crippen LogP contribution in [0, 0.1) is 5.92 Å². The fourth-order valence-corrected chi connectivity index (χ4v) is 3.44. The lowest BCUT2D eigenvalue weighted by molar-refractivity contribution is -0.119. The minimum absolute atomic E-state index is 0.0518. The summed E-state index contributed by atoms with van der Waals surface area (Å²) in [5.41, 5.74) is 0.560. The summed E-state index contributed by atoms with van der Waals surface area (Å²) in [6.07, 6.45) is 0. The summed E-state index contributed by atoms with van der Waals surface area (Å²) < 4.78 is 1.51. The van der Waals surface area contributed by atoms with E-state index in [9.17, 15) is 9.59 Å². The van der Waals surface area contributed by atoms with Crippen molar-refractivity contribution < 1.29 is 4.79 Å². The number of nitrogens with zero attached hydrogens (tertiary/aromatic N) is 2. The Hall–Kier alpha value is -2.34. The van der Waals surface area contributed by atoms with Gasteiger partial charge < -0.3 is 5.32 Å². The molecule has 0 aliphatic rings. The molecule has 0 saturated heterocycles. The van der Waals surface area contributed by atoms with Crippen molar-refractivity contribution in [3.05, 3.63) is 46.8 Å². The average molecular weight is 369 g/mol. The van der Waals surface area contributed by atoms with Crippen LogP contribution in [0.4, 0.5) is 0 Å². The zero-order chi connectivity index (χ0) is 18.8. The lowest BCUT2D eigenvalue weighted by Crippen LogP contribution is -2.37. The van der Waals surface area contributed by atoms with Gasteiger partial charge in [-0.1, -0.05) is 49.9 Å². The van der Waals surface area contributed by atoms with E-state index < -0.39 is 0 Å². The summed E-state index contributed by atoms with van der Waals surface area (Å²) in [4.78, 5) is 29.5. The van der Waals surface area contributed by atoms with Crippen LogP contribution < -0.4 is 10.9 Å². The van der Waals surface area contributed by atoms with Crippen LogP contribution in [0.3, 0.4) is 0 Å². The van der Waals surface area contributed by atoms with Gasteiger partial charge in [-0.3, -0.25) is 14.2 Å². The van der Waals surface area contributed by atoms with E-state index in [1.165, 1.54) is 16.3 Å². The summed E-state index contributed by atoms with van der Waals surface area (Å²) in [7, 11) is 1.70. The van der Waals surface area contributed by atoms with E-state index in [2.05, 4.69) is 24.1 Å². The summed E-state index contributed by atoms with van der Waals surface area (Å²) in [5, 5.41) is 6.16. The van der Waals surface area contributed by atoms with Gasteiger partial charge in [0.25, 0.3) is 5.56 Å². The van der Waals surface area contributed by atoms with Gasteiger partial charge in [-0.2, -0.15) is 0 Å². The summed E-state index contributed by atoms with van der Waals surface area (Å²) in [5.74, 6) is 0.556. The average Bonchev–Trinajstić information content (AvgIpc) is 2.62. The predicted octanol–water partition coefficient (Wildman–Crippen LogP) is 3.34. The minimum Gasteiger partial charge on any atom is -0.353 e. The molecule has 1 amide bonds. The van der Waals surface area contributed by atoms with Crippen LogP contribution in [0.25, 0.3) is 21.7 Å². The molecule has 3 aromatic rings. The number of benzene rings is 2. The molecular formula is C20H23N3O2S. The molecule has 0 aliphatic heterocycles. The lowest BCUT2D eigenvalue weighted by atomic mass is 10.1. The molecule has 0 saturated carbocycles. The second-order valence-corrected chi connectivity index (χ2v) is 7.81. The van der Waals surface area contributed by atoms with Crippen LogP contribution in [-0.4, -0.2) is 27.3 Å². The summed E-state index contributed by atoms with van der Waals surface area (Å²) in [6, 6.07) is 11.8. The molecule has 1 atom stereocenters. The van der Waals surface area contributed by atoms with Crippen molar-refractivity contribution in [1.82, 2.24) is 14.9 Å². The van der Waals surface area contributed by atoms with E-state index in [4.69, 9.17) is 0 Å². The first-order valence-corrected chi connectivity index (χ1v) is 9.67. The largest absolute Gasteiger partial charge is 0.353 e. The zero-order valence-corrected chi connectivity index (χ0v) is 16.3. The maximum absolute atomic E-state index is 12.7. The maximum atomic E-state index is 12.7. The number of hydrogen-bond acceptors (Lipinski definition) is 4. The number of rotatable bonds is 5. The van der Waals surface area contributed by atoms with Gasteiger partial charge in [-0.25, -0.2) is 4.98 Å². The molecule has 0 bridgehead atoms. The first kappa shape index (κ1) is 18.5. The Balaban J connectivity index is 1.89. The maximum Gasteiger partial charge on any atom is 0.261 e. The molecule has 1 N–H and O–H groups in total. The van der Waals surface area contributed by atoms with Crippen LogP contribution in [0.5, 0.6) is 0 Å². The highest BCUT2D eigenvalue weighted by molar-refractivity contribution is 7.99. The third kappa shape index (κ3) is 3.75. The van der Waals surface area contributed by atoms with E-state index in [1.807, 2.05) is 43.3 Å².